The van der Waals surface area contributed by atoms with Crippen LogP contribution >= 0.6 is 0 Å². The van der Waals surface area contributed by atoms with Crippen LogP contribution in [0.25, 0.3) is 90.4 Å². The van der Waals surface area contributed by atoms with E-state index in [-0.39, 0.29) is 27.3 Å². The number of H-pyrrole nitrogens is 2. The summed E-state index contributed by atoms with van der Waals surface area (Å²) in [6, 6.07) is 41.8. The number of para-hydroxylation sites is 1. The Kier molecular flexibility index (Phi) is 18.2. The summed E-state index contributed by atoms with van der Waals surface area (Å²) in [4.78, 5) is 30.1. The van der Waals surface area contributed by atoms with Crippen molar-refractivity contribution in [3.8, 4) is 68.9 Å². The van der Waals surface area contributed by atoms with Crippen LogP contribution in [0, 0.1) is 55.5 Å². The standard InChI is InChI=1S/C80H84N6O6/c1-14-85-73-18-16-15-17-61(73)64-45-53(23-36-74(64)85)22-27-63-67-30-34-71(83-67)75(54-46-57(89-41-37-77(2,3)4)50-58(47-54)90-42-38-78(5,6)7)69-32-28-65(81-69)62(26-21-52-19-24-56(25-20-52)86(87)88)66-29-33-70(82-66)76(72-35-31-68(63)84-72)55-48-59(91-43-39-79(8,9)10)51-60(49-55)92-44-40-80(11,12)13/h15-20,23-25,28-36,45-51,81,84H,14,37-44H2,1-13H3. The summed E-state index contributed by atoms with van der Waals surface area (Å²) >= 11 is 0. The van der Waals surface area contributed by atoms with Crippen molar-refractivity contribution in [3.05, 3.63) is 183 Å². The van der Waals surface area contributed by atoms with Crippen LogP contribution in [0.5, 0.6) is 23.0 Å². The minimum Gasteiger partial charge on any atom is -0.493 e. The Bertz CT molecular complexity index is 4490. The Morgan fingerprint density at radius 1 is 0.446 bits per heavy atom. The quantitative estimate of drug-likeness (QED) is 0.0553. The average molecular weight is 1230 g/mol. The molecule has 0 saturated carbocycles. The highest BCUT2D eigenvalue weighted by molar-refractivity contribution is 6.08. The minimum atomic E-state index is -0.409. The zero-order valence-corrected chi connectivity index (χ0v) is 55.5. The molecule has 470 valence electrons. The molecule has 0 radical (unpaired) electrons. The number of nitrogens with one attached hydrogen (secondary N) is 2. The smallest absolute Gasteiger partial charge is 0.269 e. The fraction of sp³-hybridized carbons (Fsp3) is 0.325. The van der Waals surface area contributed by atoms with Gasteiger partial charge < -0.3 is 33.5 Å². The number of hydrogen-bond acceptors (Lipinski definition) is 8. The lowest BCUT2D eigenvalue weighted by Crippen LogP contribution is -2.12. The number of nitro groups is 1. The van der Waals surface area contributed by atoms with Crippen LogP contribution in [0.4, 0.5) is 5.69 Å². The van der Waals surface area contributed by atoms with Crippen molar-refractivity contribution in [1.82, 2.24) is 24.5 Å². The zero-order chi connectivity index (χ0) is 65.1. The molecule has 12 heteroatoms. The maximum atomic E-state index is 11.7. The van der Waals surface area contributed by atoms with Crippen LogP contribution < -0.4 is 18.9 Å². The van der Waals surface area contributed by atoms with Crippen LogP contribution in [-0.2, 0) is 6.54 Å². The zero-order valence-electron chi connectivity index (χ0n) is 55.5. The van der Waals surface area contributed by atoms with Gasteiger partial charge >= 0.3 is 0 Å². The van der Waals surface area contributed by atoms with E-state index in [9.17, 15) is 10.1 Å². The fourth-order valence-corrected chi connectivity index (χ4v) is 11.1. The van der Waals surface area contributed by atoms with Crippen LogP contribution in [0.2, 0.25) is 0 Å². The molecule has 0 saturated heterocycles. The number of fused-ring (bicyclic) bond motifs is 11. The molecule has 0 amide bonds. The summed E-state index contributed by atoms with van der Waals surface area (Å²) in [6.45, 7) is 31.7. The lowest BCUT2D eigenvalue weighted by atomic mass is 9.93. The van der Waals surface area contributed by atoms with Crippen molar-refractivity contribution < 1.29 is 23.9 Å². The SMILES string of the molecule is CCn1c2ccccc2c2cc(C#Cc3c4nc(c(-c5cc(OCCC(C)(C)C)cc(OCCC(C)(C)C)c5)c5ccc([nH]5)c(C#Cc5ccc([N+](=O)[O-])cc5)c5nc(c(-c6cc(OCCC(C)(C)C)cc(OCCC(C)(C)C)c6)c6ccc3[nH]6)C=C5)C=C4)ccc21. The Morgan fingerprint density at radius 2 is 0.837 bits per heavy atom. The molecule has 5 aromatic carbocycles. The Balaban J connectivity index is 1.21. The highest BCUT2D eigenvalue weighted by Crippen LogP contribution is 2.40. The predicted octanol–water partition coefficient (Wildman–Crippen LogP) is 20.1. The van der Waals surface area contributed by atoms with E-state index in [4.69, 9.17) is 28.9 Å². The van der Waals surface area contributed by atoms with Gasteiger partial charge in [-0.2, -0.15) is 0 Å². The largest absolute Gasteiger partial charge is 0.493 e. The van der Waals surface area contributed by atoms with Gasteiger partial charge in [0.15, 0.2) is 0 Å². The molecule has 8 bridgehead atoms. The van der Waals surface area contributed by atoms with E-state index in [1.54, 1.807) is 12.1 Å². The molecule has 0 spiro atoms. The number of benzene rings is 5. The number of hydrogen-bond donors (Lipinski definition) is 2. The molecule has 2 aliphatic heterocycles. The fourth-order valence-electron chi connectivity index (χ4n) is 11.1. The van der Waals surface area contributed by atoms with Gasteiger partial charge in [0, 0.05) is 85.9 Å². The van der Waals surface area contributed by atoms with E-state index < -0.39 is 4.92 Å². The van der Waals surface area contributed by atoms with Gasteiger partial charge in [-0.1, -0.05) is 125 Å². The topological polar surface area (TPSA) is 142 Å². The molecule has 6 heterocycles. The van der Waals surface area contributed by atoms with E-state index >= 15 is 0 Å². The summed E-state index contributed by atoms with van der Waals surface area (Å²) in [6.07, 6.45) is 11.5. The van der Waals surface area contributed by atoms with Gasteiger partial charge in [-0.05, 0) is 175 Å². The summed E-state index contributed by atoms with van der Waals surface area (Å²) in [5.74, 6) is 16.8. The lowest BCUT2D eigenvalue weighted by molar-refractivity contribution is -0.384. The van der Waals surface area contributed by atoms with Gasteiger partial charge in [0.2, 0.25) is 0 Å². The Hall–Kier alpha value is -9.78. The monoisotopic (exact) mass is 1220 g/mol. The number of nitro benzene ring substituents is 1. The van der Waals surface area contributed by atoms with E-state index in [0.717, 1.165) is 87.5 Å². The molecule has 2 N–H and O–H groups in total. The van der Waals surface area contributed by atoms with E-state index in [1.807, 2.05) is 36.4 Å². The van der Waals surface area contributed by atoms with Crippen LogP contribution in [-0.4, -0.2) is 55.9 Å². The highest BCUT2D eigenvalue weighted by atomic mass is 16.6. The van der Waals surface area contributed by atoms with E-state index in [1.165, 1.54) is 23.0 Å². The van der Waals surface area contributed by atoms with Gasteiger partial charge in [-0.25, -0.2) is 9.97 Å². The van der Waals surface area contributed by atoms with Gasteiger partial charge in [-0.15, -0.1) is 0 Å². The van der Waals surface area contributed by atoms with Crippen LogP contribution in [0.15, 0.2) is 127 Å². The van der Waals surface area contributed by atoms with Crippen molar-refractivity contribution in [1.29, 1.82) is 0 Å². The number of ether oxygens (including phenoxy) is 4. The van der Waals surface area contributed by atoms with Gasteiger partial charge in [-0.3, -0.25) is 10.1 Å². The molecule has 12 nitrogen and oxygen atoms in total. The second kappa shape index (κ2) is 26.2. The number of rotatable bonds is 16. The number of aromatic nitrogens is 5. The average Bonchev–Trinajstić information content (AvgIpc) is 1.77. The van der Waals surface area contributed by atoms with Crippen LogP contribution in [0.1, 0.15) is 161 Å². The van der Waals surface area contributed by atoms with Crippen molar-refractivity contribution >= 4 is 73.9 Å². The summed E-state index contributed by atoms with van der Waals surface area (Å²) in [5, 5.41) is 14.1. The van der Waals surface area contributed by atoms with Gasteiger partial charge in [0.1, 0.15) is 23.0 Å². The second-order valence-electron chi connectivity index (χ2n) is 28.8. The predicted molar refractivity (Wildman–Crippen MR) is 378 cm³/mol. The van der Waals surface area contributed by atoms with Crippen LogP contribution in [0.3, 0.4) is 0 Å². The maximum Gasteiger partial charge on any atom is 0.269 e. The maximum absolute atomic E-state index is 11.7. The molecular formula is C80H84N6O6. The first kappa shape index (κ1) is 63.8. The molecule has 0 unspecified atom stereocenters. The third-order valence-electron chi connectivity index (χ3n) is 16.4. The molecule has 0 aliphatic carbocycles. The first-order valence-corrected chi connectivity index (χ1v) is 32.1. The second-order valence-corrected chi connectivity index (χ2v) is 28.8. The van der Waals surface area contributed by atoms with Crippen molar-refractivity contribution in [2.75, 3.05) is 26.4 Å². The first-order chi connectivity index (χ1) is 43.8. The number of nitrogens with zero attached hydrogens (tertiary/aromatic N) is 4. The molecule has 0 fully saturated rings. The van der Waals surface area contributed by atoms with Crippen molar-refractivity contribution in [2.45, 2.75) is 122 Å². The molecule has 11 rings (SSSR count). The lowest BCUT2D eigenvalue weighted by Gasteiger charge is -2.20. The van der Waals surface area contributed by atoms with E-state index in [0.29, 0.717) is 94.4 Å². The Labute approximate surface area is 541 Å². The van der Waals surface area contributed by atoms with Gasteiger partial charge in [0.05, 0.1) is 76.3 Å². The summed E-state index contributed by atoms with van der Waals surface area (Å²) in [5.41, 5.74) is 14.2. The number of aryl methyl sites for hydroxylation is 1. The molecular weight excluding hydrogens is 1140 g/mol. The first-order valence-electron chi connectivity index (χ1n) is 32.1. The number of aromatic amines is 2. The molecule has 2 aliphatic rings. The number of non-ortho nitro benzene ring substituents is 1. The highest BCUT2D eigenvalue weighted by Gasteiger charge is 2.22. The Morgan fingerprint density at radius 3 is 1.26 bits per heavy atom. The van der Waals surface area contributed by atoms with Crippen molar-refractivity contribution in [2.24, 2.45) is 21.7 Å². The van der Waals surface area contributed by atoms with E-state index in [2.05, 4.69) is 219 Å². The third kappa shape index (κ3) is 15.5. The molecule has 0 atom stereocenters. The molecule has 9 aromatic rings. The summed E-state index contributed by atoms with van der Waals surface area (Å²) < 4.78 is 28.9. The third-order valence-corrected chi connectivity index (χ3v) is 16.4. The summed E-state index contributed by atoms with van der Waals surface area (Å²) in [7, 11) is 0. The normalized spacial score (nSPS) is 12.4. The molecule has 4 aromatic heterocycles. The van der Waals surface area contributed by atoms with Crippen molar-refractivity contribution in [3.63, 3.8) is 0 Å². The minimum absolute atomic E-state index is 0.0177. The van der Waals surface area contributed by atoms with Gasteiger partial charge in [0.25, 0.3) is 5.69 Å². The molecule has 92 heavy (non-hydrogen) atoms.